The summed E-state index contributed by atoms with van der Waals surface area (Å²) in [5.41, 5.74) is 2.30. The molecule has 0 aliphatic carbocycles. The maximum Gasteiger partial charge on any atom is 0.196 e. The molecule has 39 heavy (non-hydrogen) atoms. The topological polar surface area (TPSA) is 25.8 Å². The number of hydrogen-bond acceptors (Lipinski definition) is 2. The first-order valence-corrected chi connectivity index (χ1v) is 17.1. The Labute approximate surface area is 232 Å². The number of pyridine rings is 2. The molecule has 0 aliphatic rings. The third kappa shape index (κ3) is 4.72. The summed E-state index contributed by atoms with van der Waals surface area (Å²) in [6.45, 7) is 0. The summed E-state index contributed by atoms with van der Waals surface area (Å²) < 4.78 is 0. The van der Waals surface area contributed by atoms with E-state index in [2.05, 4.69) is 146 Å². The molecule has 4 heteroatoms. The first-order chi connectivity index (χ1) is 19.3. The van der Waals surface area contributed by atoms with Gasteiger partial charge in [0.1, 0.15) is 21.2 Å². The molecule has 2 heterocycles. The molecule has 0 bridgehead atoms. The van der Waals surface area contributed by atoms with Gasteiger partial charge in [-0.15, -0.1) is 0 Å². The Morgan fingerprint density at radius 2 is 0.615 bits per heavy atom. The second-order valence-electron chi connectivity index (χ2n) is 9.48. The van der Waals surface area contributed by atoms with Crippen LogP contribution in [0.15, 0.2) is 170 Å². The highest BCUT2D eigenvalue weighted by Gasteiger charge is 2.61. The molecule has 0 saturated carbocycles. The quantitative estimate of drug-likeness (QED) is 0.231. The van der Waals surface area contributed by atoms with Crippen LogP contribution in [0, 0.1) is 0 Å². The molecule has 6 aromatic rings. The van der Waals surface area contributed by atoms with E-state index in [-0.39, 0.29) is 0 Å². The van der Waals surface area contributed by atoms with Crippen molar-refractivity contribution in [2.75, 3.05) is 5.90 Å². The lowest BCUT2D eigenvalue weighted by Crippen LogP contribution is -2.42. The molecule has 2 nitrogen and oxygen atoms in total. The Kier molecular flexibility index (Phi) is 7.42. The van der Waals surface area contributed by atoms with Gasteiger partial charge in [0, 0.05) is 24.5 Å². The Bertz CT molecular complexity index is 1280. The van der Waals surface area contributed by atoms with Gasteiger partial charge in [-0.25, -0.2) is 9.97 Å². The third-order valence-corrected chi connectivity index (χ3v) is 17.5. The van der Waals surface area contributed by atoms with Gasteiger partial charge in [-0.1, -0.05) is 84.9 Å². The monoisotopic (exact) mass is 540 g/mol. The van der Waals surface area contributed by atoms with E-state index in [0.29, 0.717) is 0 Å². The van der Waals surface area contributed by atoms with Crippen LogP contribution in [0.3, 0.4) is 0 Å². The van der Waals surface area contributed by atoms with Crippen LogP contribution in [0.4, 0.5) is 0 Å². The van der Waals surface area contributed by atoms with Crippen molar-refractivity contribution in [1.29, 1.82) is 0 Å². The van der Waals surface area contributed by atoms with E-state index >= 15 is 0 Å². The van der Waals surface area contributed by atoms with E-state index in [4.69, 9.17) is 9.97 Å². The summed E-state index contributed by atoms with van der Waals surface area (Å²) in [6, 6.07) is 57.0. The van der Waals surface area contributed by atoms with Crippen LogP contribution in [0.5, 0.6) is 0 Å². The maximum absolute atomic E-state index is 5.12. The molecule has 6 rings (SSSR count). The van der Waals surface area contributed by atoms with Crippen LogP contribution >= 0.6 is 14.5 Å². The lowest BCUT2D eigenvalue weighted by atomic mass is 10.4. The zero-order valence-electron chi connectivity index (χ0n) is 21.7. The number of benzene rings is 4. The van der Waals surface area contributed by atoms with Crippen LogP contribution in [-0.4, -0.2) is 15.9 Å². The highest BCUT2D eigenvalue weighted by Crippen LogP contribution is 2.70. The molecule has 0 unspecified atom stereocenters. The van der Waals surface area contributed by atoms with Crippen molar-refractivity contribution in [3.05, 3.63) is 170 Å². The number of aromatic nitrogens is 2. The van der Waals surface area contributed by atoms with Gasteiger partial charge in [0.25, 0.3) is 0 Å². The van der Waals surface area contributed by atoms with Crippen LogP contribution < -0.4 is 32.1 Å². The van der Waals surface area contributed by atoms with Crippen molar-refractivity contribution in [1.82, 2.24) is 9.97 Å². The fourth-order valence-electron chi connectivity index (χ4n) is 5.51. The van der Waals surface area contributed by atoms with Crippen molar-refractivity contribution in [2.45, 2.75) is 0 Å². The van der Waals surface area contributed by atoms with Crippen molar-refractivity contribution >= 4 is 46.6 Å². The van der Waals surface area contributed by atoms with E-state index in [1.165, 1.54) is 21.2 Å². The van der Waals surface area contributed by atoms with Gasteiger partial charge in [-0.05, 0) is 60.7 Å². The van der Waals surface area contributed by atoms with Crippen LogP contribution in [-0.2, 0) is 0 Å². The SMILES string of the molecule is c1ccc([P+](C[P+](c2ccccc2)(c2ccccc2)c2ccccn2)(c2ccccc2)c2ccccn2)cc1. The zero-order chi connectivity index (χ0) is 26.4. The van der Waals surface area contributed by atoms with Crippen molar-refractivity contribution < 1.29 is 0 Å². The molecule has 4 aromatic carbocycles. The fourth-order valence-corrected chi connectivity index (χ4v) is 17.4. The van der Waals surface area contributed by atoms with Gasteiger partial charge >= 0.3 is 0 Å². The van der Waals surface area contributed by atoms with Gasteiger partial charge in [-0.2, -0.15) is 0 Å². The molecule has 0 saturated heterocycles. The Morgan fingerprint density at radius 3 is 0.872 bits per heavy atom. The highest BCUT2D eigenvalue weighted by molar-refractivity contribution is 8.10. The summed E-state index contributed by atoms with van der Waals surface area (Å²) in [7, 11) is -4.55. The first-order valence-electron chi connectivity index (χ1n) is 13.2. The van der Waals surface area contributed by atoms with Gasteiger partial charge < -0.3 is 0 Å². The average Bonchev–Trinajstić information content (AvgIpc) is 3.04. The number of hydrogen-bond donors (Lipinski definition) is 0. The van der Waals surface area contributed by atoms with Gasteiger partial charge in [0.15, 0.2) is 31.3 Å². The predicted octanol–water partition coefficient (Wildman–Crippen LogP) is 5.72. The Balaban J connectivity index is 1.76. The summed E-state index contributed by atoms with van der Waals surface area (Å²) in [5, 5.41) is 5.34. The van der Waals surface area contributed by atoms with E-state index in [0.717, 1.165) is 16.8 Å². The van der Waals surface area contributed by atoms with Gasteiger partial charge in [0.05, 0.1) is 0 Å². The fraction of sp³-hybridized carbons (Fsp3) is 0.0286. The second kappa shape index (κ2) is 11.4. The number of nitrogens with zero attached hydrogens (tertiary/aromatic N) is 2. The predicted molar refractivity (Wildman–Crippen MR) is 171 cm³/mol. The van der Waals surface area contributed by atoms with Gasteiger partial charge in [0.2, 0.25) is 0 Å². The molecule has 188 valence electrons. The molecule has 0 N–H and O–H groups in total. The van der Waals surface area contributed by atoms with Crippen molar-refractivity contribution in [2.24, 2.45) is 0 Å². The molecule has 2 aromatic heterocycles. The Hall–Kier alpha value is -3.96. The van der Waals surface area contributed by atoms with Crippen molar-refractivity contribution in [3.63, 3.8) is 0 Å². The van der Waals surface area contributed by atoms with E-state index in [1.807, 2.05) is 24.5 Å². The smallest absolute Gasteiger partial charge is 0.196 e. The Morgan fingerprint density at radius 1 is 0.333 bits per heavy atom. The third-order valence-electron chi connectivity index (χ3n) is 7.29. The lowest BCUT2D eigenvalue weighted by molar-refractivity contribution is 1.38. The van der Waals surface area contributed by atoms with E-state index in [9.17, 15) is 0 Å². The average molecular weight is 541 g/mol. The van der Waals surface area contributed by atoms with E-state index in [1.54, 1.807) is 0 Å². The largest absolute Gasteiger partial charge is 0.221 e. The lowest BCUT2D eigenvalue weighted by Gasteiger charge is -2.33. The van der Waals surface area contributed by atoms with Crippen LogP contribution in [0.1, 0.15) is 0 Å². The highest BCUT2D eigenvalue weighted by atomic mass is 31.2. The molecule has 0 radical (unpaired) electrons. The molecule has 0 aliphatic heterocycles. The summed E-state index contributed by atoms with van der Waals surface area (Å²) >= 11 is 0. The normalized spacial score (nSPS) is 11.7. The molecule has 0 atom stereocenters. The minimum atomic E-state index is -2.27. The van der Waals surface area contributed by atoms with Crippen LogP contribution in [0.25, 0.3) is 0 Å². The summed E-state index contributed by atoms with van der Waals surface area (Å²) in [4.78, 5) is 10.2. The van der Waals surface area contributed by atoms with Crippen LogP contribution in [0.2, 0.25) is 0 Å². The second-order valence-corrected chi connectivity index (χ2v) is 16.8. The summed E-state index contributed by atoms with van der Waals surface area (Å²) in [5.74, 6) is 0.913. The standard InChI is InChI=1S/C35H30N2P2/c1-5-17-30(18-6-1)38(31-19-7-2-8-20-31,34-25-13-15-27-36-34)29-39(32-21-9-3-10-22-32,33-23-11-4-12-24-33)35-26-14-16-28-37-35/h1-28H,29H2/q+2. The van der Waals surface area contributed by atoms with Crippen molar-refractivity contribution in [3.8, 4) is 0 Å². The molecule has 0 fully saturated rings. The van der Waals surface area contributed by atoms with E-state index < -0.39 is 14.5 Å². The molecule has 0 amide bonds. The first kappa shape index (κ1) is 25.3. The number of rotatable bonds is 8. The molecular formula is C35H30N2P2+2. The molecule has 0 spiro atoms. The minimum absolute atomic E-state index is 0.913. The molecular weight excluding hydrogens is 510 g/mol. The minimum Gasteiger partial charge on any atom is -0.221 e. The zero-order valence-corrected chi connectivity index (χ0v) is 23.5. The maximum atomic E-state index is 5.12. The summed E-state index contributed by atoms with van der Waals surface area (Å²) in [6.07, 6.45) is 3.89. The van der Waals surface area contributed by atoms with Gasteiger partial charge in [-0.3, -0.25) is 0 Å².